The van der Waals surface area contributed by atoms with E-state index in [1.807, 2.05) is 23.1 Å². The van der Waals surface area contributed by atoms with Crippen molar-refractivity contribution in [1.29, 1.82) is 0 Å². The second kappa shape index (κ2) is 6.36. The van der Waals surface area contributed by atoms with Crippen LogP contribution in [0.15, 0.2) is 18.2 Å². The number of urea groups is 1. The molecule has 1 aromatic carbocycles. The number of hydrogen-bond acceptors (Lipinski definition) is 4. The molecular formula is C16H21N3O4. The summed E-state index contributed by atoms with van der Waals surface area (Å²) < 4.78 is 11.1. The minimum atomic E-state index is -0.603. The fourth-order valence-electron chi connectivity index (χ4n) is 3.05. The second-order valence-corrected chi connectivity index (χ2v) is 5.84. The SMILES string of the molecule is CN(CC(=O)N1CCC[C@@H]1c1ccc2c(c1)OCCO2)C(N)=O. The van der Waals surface area contributed by atoms with Crippen molar-refractivity contribution >= 4 is 11.9 Å². The van der Waals surface area contributed by atoms with Crippen molar-refractivity contribution in [2.75, 3.05) is 33.4 Å². The summed E-state index contributed by atoms with van der Waals surface area (Å²) in [6.07, 6.45) is 1.83. The van der Waals surface area contributed by atoms with Crippen molar-refractivity contribution < 1.29 is 19.1 Å². The summed E-state index contributed by atoms with van der Waals surface area (Å²) >= 11 is 0. The molecule has 1 fully saturated rings. The van der Waals surface area contributed by atoms with Gasteiger partial charge in [-0.3, -0.25) is 4.79 Å². The summed E-state index contributed by atoms with van der Waals surface area (Å²) in [5.41, 5.74) is 6.22. The van der Waals surface area contributed by atoms with Crippen molar-refractivity contribution in [3.63, 3.8) is 0 Å². The number of primary amides is 1. The van der Waals surface area contributed by atoms with E-state index in [9.17, 15) is 9.59 Å². The molecule has 2 aliphatic heterocycles. The highest BCUT2D eigenvalue weighted by atomic mass is 16.6. The molecule has 2 aliphatic rings. The molecule has 2 heterocycles. The molecule has 0 aromatic heterocycles. The molecule has 2 N–H and O–H groups in total. The van der Waals surface area contributed by atoms with Crippen LogP contribution in [0.4, 0.5) is 4.79 Å². The number of hydrogen-bond donors (Lipinski definition) is 1. The normalized spacial score (nSPS) is 19.5. The maximum Gasteiger partial charge on any atom is 0.314 e. The van der Waals surface area contributed by atoms with Crippen LogP contribution >= 0.6 is 0 Å². The summed E-state index contributed by atoms with van der Waals surface area (Å²) in [4.78, 5) is 26.6. The summed E-state index contributed by atoms with van der Waals surface area (Å²) in [7, 11) is 1.52. The Hall–Kier alpha value is -2.44. The number of amides is 3. The van der Waals surface area contributed by atoms with Gasteiger partial charge in [-0.1, -0.05) is 6.07 Å². The number of nitrogens with two attached hydrogens (primary N) is 1. The van der Waals surface area contributed by atoms with Gasteiger partial charge in [-0.05, 0) is 30.5 Å². The molecule has 0 radical (unpaired) electrons. The lowest BCUT2D eigenvalue weighted by Gasteiger charge is -2.28. The average Bonchev–Trinajstić information content (AvgIpc) is 3.04. The fourth-order valence-corrected chi connectivity index (χ4v) is 3.05. The van der Waals surface area contributed by atoms with Gasteiger partial charge in [0.15, 0.2) is 11.5 Å². The molecule has 0 unspecified atom stereocenters. The van der Waals surface area contributed by atoms with Crippen LogP contribution in [-0.4, -0.2) is 55.1 Å². The Morgan fingerprint density at radius 2 is 2.04 bits per heavy atom. The van der Waals surface area contributed by atoms with Gasteiger partial charge < -0.3 is 25.0 Å². The van der Waals surface area contributed by atoms with E-state index in [0.29, 0.717) is 19.8 Å². The van der Waals surface area contributed by atoms with Gasteiger partial charge in [0, 0.05) is 13.6 Å². The van der Waals surface area contributed by atoms with Crippen LogP contribution in [0.5, 0.6) is 11.5 Å². The van der Waals surface area contributed by atoms with Crippen molar-refractivity contribution in [3.8, 4) is 11.5 Å². The number of ether oxygens (including phenoxy) is 2. The quantitative estimate of drug-likeness (QED) is 0.905. The smallest absolute Gasteiger partial charge is 0.314 e. The zero-order chi connectivity index (χ0) is 16.4. The third-order valence-electron chi connectivity index (χ3n) is 4.27. The molecule has 7 heteroatoms. The van der Waals surface area contributed by atoms with E-state index in [-0.39, 0.29) is 18.5 Å². The highest BCUT2D eigenvalue weighted by Gasteiger charge is 2.31. The first-order valence-electron chi connectivity index (χ1n) is 7.76. The second-order valence-electron chi connectivity index (χ2n) is 5.84. The summed E-state index contributed by atoms with van der Waals surface area (Å²) in [6.45, 7) is 1.77. The maximum atomic E-state index is 12.5. The molecule has 7 nitrogen and oxygen atoms in total. The Morgan fingerprint density at radius 3 is 2.78 bits per heavy atom. The maximum absolute atomic E-state index is 12.5. The fraction of sp³-hybridized carbons (Fsp3) is 0.500. The van der Waals surface area contributed by atoms with Crippen molar-refractivity contribution in [2.45, 2.75) is 18.9 Å². The van der Waals surface area contributed by atoms with Gasteiger partial charge >= 0.3 is 6.03 Å². The number of fused-ring (bicyclic) bond motifs is 1. The molecule has 3 rings (SSSR count). The zero-order valence-corrected chi connectivity index (χ0v) is 13.2. The van der Waals surface area contributed by atoms with Gasteiger partial charge in [-0.25, -0.2) is 4.79 Å². The molecule has 124 valence electrons. The summed E-state index contributed by atoms with van der Waals surface area (Å²) in [5.74, 6) is 1.37. The summed E-state index contributed by atoms with van der Waals surface area (Å²) in [5, 5.41) is 0. The minimum Gasteiger partial charge on any atom is -0.486 e. The predicted octanol–water partition coefficient (Wildman–Crippen LogP) is 1.13. The number of carbonyl (C=O) groups is 2. The van der Waals surface area contributed by atoms with Crippen LogP contribution in [0.3, 0.4) is 0 Å². The van der Waals surface area contributed by atoms with Gasteiger partial charge in [0.25, 0.3) is 0 Å². The van der Waals surface area contributed by atoms with E-state index in [0.717, 1.165) is 29.9 Å². The first-order chi connectivity index (χ1) is 11.1. The van der Waals surface area contributed by atoms with E-state index in [1.165, 1.54) is 11.9 Å². The van der Waals surface area contributed by atoms with Crippen molar-refractivity contribution in [1.82, 2.24) is 9.80 Å². The molecule has 1 aromatic rings. The standard InChI is InChI=1S/C16H21N3O4/c1-18(16(17)21)10-15(20)19-6-2-3-12(19)11-4-5-13-14(9-11)23-8-7-22-13/h4-5,9,12H,2-3,6-8,10H2,1H3,(H2,17,21)/t12-/m1/s1. The molecule has 1 atom stereocenters. The van der Waals surface area contributed by atoms with E-state index >= 15 is 0 Å². The van der Waals surface area contributed by atoms with Crippen LogP contribution in [0.1, 0.15) is 24.4 Å². The van der Waals surface area contributed by atoms with Crippen LogP contribution in [0, 0.1) is 0 Å². The first kappa shape index (κ1) is 15.5. The molecule has 0 aliphatic carbocycles. The van der Waals surface area contributed by atoms with Gasteiger partial charge in [0.1, 0.15) is 19.8 Å². The number of rotatable bonds is 3. The van der Waals surface area contributed by atoms with E-state index < -0.39 is 6.03 Å². The molecule has 0 spiro atoms. The Kier molecular flexibility index (Phi) is 4.27. The third-order valence-corrected chi connectivity index (χ3v) is 4.27. The lowest BCUT2D eigenvalue weighted by Crippen LogP contribution is -2.42. The average molecular weight is 319 g/mol. The Bertz CT molecular complexity index is 619. The number of benzene rings is 1. The van der Waals surface area contributed by atoms with Crippen LogP contribution in [-0.2, 0) is 4.79 Å². The Balaban J connectivity index is 1.76. The molecule has 0 saturated carbocycles. The van der Waals surface area contributed by atoms with Crippen molar-refractivity contribution in [2.24, 2.45) is 5.73 Å². The number of likely N-dealkylation sites (N-methyl/N-ethyl adjacent to an activating group) is 1. The first-order valence-corrected chi connectivity index (χ1v) is 7.76. The van der Waals surface area contributed by atoms with E-state index in [4.69, 9.17) is 15.2 Å². The highest BCUT2D eigenvalue weighted by Crippen LogP contribution is 2.38. The lowest BCUT2D eigenvalue weighted by atomic mass is 10.0. The molecular weight excluding hydrogens is 298 g/mol. The van der Waals surface area contributed by atoms with Gasteiger partial charge in [0.2, 0.25) is 5.91 Å². The highest BCUT2D eigenvalue weighted by molar-refractivity contribution is 5.83. The van der Waals surface area contributed by atoms with Gasteiger partial charge in [-0.2, -0.15) is 0 Å². The Labute approximate surface area is 134 Å². The van der Waals surface area contributed by atoms with Gasteiger partial charge in [0.05, 0.1) is 6.04 Å². The lowest BCUT2D eigenvalue weighted by molar-refractivity contribution is -0.132. The molecule has 1 saturated heterocycles. The predicted molar refractivity (Wildman–Crippen MR) is 83.3 cm³/mol. The summed E-state index contributed by atoms with van der Waals surface area (Å²) in [6, 6.07) is 5.21. The Morgan fingerprint density at radius 1 is 1.30 bits per heavy atom. The monoisotopic (exact) mass is 319 g/mol. The van der Waals surface area contributed by atoms with E-state index in [1.54, 1.807) is 0 Å². The van der Waals surface area contributed by atoms with Crippen LogP contribution < -0.4 is 15.2 Å². The van der Waals surface area contributed by atoms with Crippen LogP contribution in [0.2, 0.25) is 0 Å². The third kappa shape index (κ3) is 3.18. The van der Waals surface area contributed by atoms with Crippen LogP contribution in [0.25, 0.3) is 0 Å². The van der Waals surface area contributed by atoms with Gasteiger partial charge in [-0.15, -0.1) is 0 Å². The van der Waals surface area contributed by atoms with E-state index in [2.05, 4.69) is 0 Å². The minimum absolute atomic E-state index is 0.000368. The largest absolute Gasteiger partial charge is 0.486 e. The molecule has 23 heavy (non-hydrogen) atoms. The molecule has 0 bridgehead atoms. The number of carbonyl (C=O) groups excluding carboxylic acids is 2. The number of likely N-dealkylation sites (tertiary alicyclic amines) is 1. The topological polar surface area (TPSA) is 85.1 Å². The van der Waals surface area contributed by atoms with Crippen molar-refractivity contribution in [3.05, 3.63) is 23.8 Å². The molecule has 3 amide bonds. The zero-order valence-electron chi connectivity index (χ0n) is 13.2. The number of nitrogens with zero attached hydrogens (tertiary/aromatic N) is 2.